The molecule has 7 heteroatoms. The van der Waals surface area contributed by atoms with Crippen molar-refractivity contribution in [1.82, 2.24) is 9.88 Å². The van der Waals surface area contributed by atoms with Gasteiger partial charge in [-0.25, -0.2) is 4.98 Å². The number of hydrogen-bond acceptors (Lipinski definition) is 5. The molecular weight excluding hydrogens is 346 g/mol. The zero-order valence-corrected chi connectivity index (χ0v) is 14.7. The molecule has 0 saturated carbocycles. The fourth-order valence-corrected chi connectivity index (χ4v) is 4.16. The van der Waals surface area contributed by atoms with E-state index in [9.17, 15) is 4.79 Å². The average Bonchev–Trinajstić information content (AvgIpc) is 3.15. The van der Waals surface area contributed by atoms with Gasteiger partial charge in [0.05, 0.1) is 5.92 Å². The molecule has 1 amide bonds. The van der Waals surface area contributed by atoms with Gasteiger partial charge in [-0.1, -0.05) is 11.6 Å². The Kier molecular flexibility index (Phi) is 4.33. The van der Waals surface area contributed by atoms with Gasteiger partial charge >= 0.3 is 0 Å². The first-order valence-corrected chi connectivity index (χ1v) is 9.31. The van der Waals surface area contributed by atoms with Crippen molar-refractivity contribution in [3.63, 3.8) is 0 Å². The first-order chi connectivity index (χ1) is 11.7. The SMILES string of the molecule is O=C([C@@H]1COc2ccc(Cl)cc2C1)N1CCN(c2nccs2)CC1. The van der Waals surface area contributed by atoms with Gasteiger partial charge in [0.1, 0.15) is 12.4 Å². The minimum atomic E-state index is -0.123. The molecule has 1 aromatic heterocycles. The molecule has 0 spiro atoms. The Hall–Kier alpha value is -1.79. The third-order valence-electron chi connectivity index (χ3n) is 4.56. The van der Waals surface area contributed by atoms with Crippen LogP contribution in [0.4, 0.5) is 5.13 Å². The summed E-state index contributed by atoms with van der Waals surface area (Å²) < 4.78 is 5.76. The van der Waals surface area contributed by atoms with E-state index in [1.807, 2.05) is 34.7 Å². The lowest BCUT2D eigenvalue weighted by Gasteiger charge is -2.37. The van der Waals surface area contributed by atoms with Crippen molar-refractivity contribution in [2.45, 2.75) is 6.42 Å². The summed E-state index contributed by atoms with van der Waals surface area (Å²) in [5.74, 6) is 0.902. The Balaban J connectivity index is 1.39. The number of hydrogen-bond donors (Lipinski definition) is 0. The number of benzene rings is 1. The molecular formula is C17H18ClN3O2S. The summed E-state index contributed by atoms with van der Waals surface area (Å²) >= 11 is 7.70. The molecule has 4 rings (SSSR count). The lowest BCUT2D eigenvalue weighted by molar-refractivity contribution is -0.137. The van der Waals surface area contributed by atoms with Crippen LogP contribution in [0.3, 0.4) is 0 Å². The van der Waals surface area contributed by atoms with E-state index in [0.717, 1.165) is 42.6 Å². The van der Waals surface area contributed by atoms with Crippen molar-refractivity contribution in [1.29, 1.82) is 0 Å². The number of nitrogens with zero attached hydrogens (tertiary/aromatic N) is 3. The third kappa shape index (κ3) is 3.08. The highest BCUT2D eigenvalue weighted by Gasteiger charge is 2.31. The standard InChI is InChI=1S/C17H18ClN3O2S/c18-14-1-2-15-12(10-14)9-13(11-23-15)16(22)20-4-6-21(7-5-20)17-19-3-8-24-17/h1-3,8,10,13H,4-7,9,11H2/t13-/m0/s1. The van der Waals surface area contributed by atoms with Gasteiger partial charge in [-0.05, 0) is 30.2 Å². The quantitative estimate of drug-likeness (QED) is 0.823. The van der Waals surface area contributed by atoms with Crippen molar-refractivity contribution in [2.75, 3.05) is 37.7 Å². The van der Waals surface area contributed by atoms with Crippen molar-refractivity contribution >= 4 is 34.0 Å². The van der Waals surface area contributed by atoms with Crippen LogP contribution in [-0.4, -0.2) is 48.6 Å². The number of thiazole rings is 1. The summed E-state index contributed by atoms with van der Waals surface area (Å²) in [5.41, 5.74) is 1.02. The first kappa shape index (κ1) is 15.7. The van der Waals surface area contributed by atoms with Crippen molar-refractivity contribution in [2.24, 2.45) is 5.92 Å². The molecule has 1 saturated heterocycles. The van der Waals surface area contributed by atoms with Crippen LogP contribution in [0.1, 0.15) is 5.56 Å². The van der Waals surface area contributed by atoms with Crippen LogP contribution in [0.15, 0.2) is 29.8 Å². The number of carbonyl (C=O) groups excluding carboxylic acids is 1. The molecule has 0 unspecified atom stereocenters. The second kappa shape index (κ2) is 6.61. The third-order valence-corrected chi connectivity index (χ3v) is 5.63. The number of aromatic nitrogens is 1. The van der Waals surface area contributed by atoms with Crippen molar-refractivity contribution < 1.29 is 9.53 Å². The average molecular weight is 364 g/mol. The highest BCUT2D eigenvalue weighted by molar-refractivity contribution is 7.13. The predicted octanol–water partition coefficient (Wildman–Crippen LogP) is 2.70. The van der Waals surface area contributed by atoms with E-state index in [2.05, 4.69) is 9.88 Å². The molecule has 0 aliphatic carbocycles. The Labute approximate surface area is 149 Å². The molecule has 1 aromatic carbocycles. The highest BCUT2D eigenvalue weighted by atomic mass is 35.5. The molecule has 0 radical (unpaired) electrons. The molecule has 24 heavy (non-hydrogen) atoms. The summed E-state index contributed by atoms with van der Waals surface area (Å²) in [6, 6.07) is 5.60. The van der Waals surface area contributed by atoms with Crippen LogP contribution in [0, 0.1) is 5.92 Å². The number of piperazine rings is 1. The van der Waals surface area contributed by atoms with Crippen molar-refractivity contribution in [3.8, 4) is 5.75 Å². The summed E-state index contributed by atoms with van der Waals surface area (Å²) in [7, 11) is 0. The lowest BCUT2D eigenvalue weighted by atomic mass is 9.95. The largest absolute Gasteiger partial charge is 0.492 e. The summed E-state index contributed by atoms with van der Waals surface area (Å²) in [6.07, 6.45) is 2.51. The molecule has 5 nitrogen and oxygen atoms in total. The van der Waals surface area contributed by atoms with Gasteiger partial charge in [-0.2, -0.15) is 0 Å². The van der Waals surface area contributed by atoms with Gasteiger partial charge in [0.25, 0.3) is 0 Å². The second-order valence-electron chi connectivity index (χ2n) is 6.09. The summed E-state index contributed by atoms with van der Waals surface area (Å²) in [4.78, 5) is 21.4. The minimum Gasteiger partial charge on any atom is -0.492 e. The van der Waals surface area contributed by atoms with Gasteiger partial charge in [-0.3, -0.25) is 4.79 Å². The monoisotopic (exact) mass is 363 g/mol. The molecule has 2 aromatic rings. The smallest absolute Gasteiger partial charge is 0.229 e. The van der Waals surface area contributed by atoms with Crippen LogP contribution >= 0.6 is 22.9 Å². The molecule has 2 aliphatic rings. The maximum atomic E-state index is 12.8. The Morgan fingerprint density at radius 2 is 2.12 bits per heavy atom. The van der Waals surface area contributed by atoms with E-state index in [1.54, 1.807) is 11.3 Å². The number of rotatable bonds is 2. The number of carbonyl (C=O) groups is 1. The van der Waals surface area contributed by atoms with Crippen LogP contribution in [0.5, 0.6) is 5.75 Å². The number of amides is 1. The lowest BCUT2D eigenvalue weighted by Crippen LogP contribution is -2.51. The molecule has 3 heterocycles. The van der Waals surface area contributed by atoms with E-state index in [1.165, 1.54) is 0 Å². The molecule has 1 fully saturated rings. The molecule has 2 aliphatic heterocycles. The minimum absolute atomic E-state index is 0.123. The van der Waals surface area contributed by atoms with E-state index < -0.39 is 0 Å². The van der Waals surface area contributed by atoms with E-state index in [0.29, 0.717) is 18.1 Å². The second-order valence-corrected chi connectivity index (χ2v) is 7.40. The Bertz CT molecular complexity index is 729. The van der Waals surface area contributed by atoms with Gasteiger partial charge in [0.2, 0.25) is 5.91 Å². The van der Waals surface area contributed by atoms with Gasteiger partial charge in [-0.15, -0.1) is 11.3 Å². The van der Waals surface area contributed by atoms with Crippen LogP contribution < -0.4 is 9.64 Å². The number of fused-ring (bicyclic) bond motifs is 1. The first-order valence-electron chi connectivity index (χ1n) is 8.05. The highest BCUT2D eigenvalue weighted by Crippen LogP contribution is 2.30. The zero-order chi connectivity index (χ0) is 16.5. The van der Waals surface area contributed by atoms with E-state index in [4.69, 9.17) is 16.3 Å². The van der Waals surface area contributed by atoms with Gasteiger partial charge < -0.3 is 14.5 Å². The zero-order valence-electron chi connectivity index (χ0n) is 13.2. The van der Waals surface area contributed by atoms with Crippen LogP contribution in [-0.2, 0) is 11.2 Å². The molecule has 0 N–H and O–H groups in total. The maximum Gasteiger partial charge on any atom is 0.229 e. The Morgan fingerprint density at radius 3 is 2.88 bits per heavy atom. The Morgan fingerprint density at radius 1 is 1.29 bits per heavy atom. The van der Waals surface area contributed by atoms with Crippen LogP contribution in [0.2, 0.25) is 5.02 Å². The van der Waals surface area contributed by atoms with Gasteiger partial charge in [0, 0.05) is 42.8 Å². The topological polar surface area (TPSA) is 45.7 Å². The summed E-state index contributed by atoms with van der Waals surface area (Å²) in [6.45, 7) is 3.57. The number of anilines is 1. The summed E-state index contributed by atoms with van der Waals surface area (Å²) in [5, 5.41) is 3.70. The fraction of sp³-hybridized carbons (Fsp3) is 0.412. The molecule has 1 atom stereocenters. The molecule has 126 valence electrons. The number of halogens is 1. The van der Waals surface area contributed by atoms with Crippen LogP contribution in [0.25, 0.3) is 0 Å². The maximum absolute atomic E-state index is 12.8. The van der Waals surface area contributed by atoms with Crippen molar-refractivity contribution in [3.05, 3.63) is 40.4 Å². The van der Waals surface area contributed by atoms with E-state index >= 15 is 0 Å². The normalized spacial score (nSPS) is 20.5. The number of ether oxygens (including phenoxy) is 1. The van der Waals surface area contributed by atoms with Gasteiger partial charge in [0.15, 0.2) is 5.13 Å². The fourth-order valence-electron chi connectivity index (χ4n) is 3.27. The molecule has 0 bridgehead atoms. The van der Waals surface area contributed by atoms with E-state index in [-0.39, 0.29) is 11.8 Å². The predicted molar refractivity (Wildman–Crippen MR) is 95.0 cm³/mol.